The van der Waals surface area contributed by atoms with Crippen LogP contribution in [0.1, 0.15) is 63.6 Å². The molecule has 1 aromatic heterocycles. The first-order valence-corrected chi connectivity index (χ1v) is 12.6. The second-order valence-electron chi connectivity index (χ2n) is 9.10. The van der Waals surface area contributed by atoms with Crippen molar-refractivity contribution in [1.82, 2.24) is 4.90 Å². The molecule has 176 valence electrons. The summed E-state index contributed by atoms with van der Waals surface area (Å²) in [5.74, 6) is -0.917. The van der Waals surface area contributed by atoms with Gasteiger partial charge < -0.3 is 10.0 Å². The third kappa shape index (κ3) is 6.20. The van der Waals surface area contributed by atoms with Crippen molar-refractivity contribution >= 4 is 28.9 Å². The maximum absolute atomic E-state index is 13.8. The number of thiophene rings is 1. The van der Waals surface area contributed by atoms with E-state index in [0.29, 0.717) is 24.4 Å². The maximum atomic E-state index is 13.8. The number of carbonyl (C=O) groups is 2. The maximum Gasteiger partial charge on any atom is 0.354 e. The molecule has 0 unspecified atom stereocenters. The molecular formula is C27H34N2O3S. The zero-order chi connectivity index (χ0) is 24.0. The van der Waals surface area contributed by atoms with E-state index in [-0.39, 0.29) is 11.6 Å². The summed E-state index contributed by atoms with van der Waals surface area (Å²) in [6.45, 7) is 8.37. The van der Waals surface area contributed by atoms with E-state index in [4.69, 9.17) is 0 Å². The van der Waals surface area contributed by atoms with Gasteiger partial charge in [0.25, 0.3) is 0 Å². The minimum atomic E-state index is -1.04. The molecule has 2 aromatic rings. The molecular weight excluding hydrogens is 432 g/mol. The number of aryl methyl sites for hydroxylation is 2. The summed E-state index contributed by atoms with van der Waals surface area (Å²) < 4.78 is 0. The molecule has 3 rings (SSSR count). The lowest BCUT2D eigenvalue weighted by atomic mass is 9.92. The Morgan fingerprint density at radius 2 is 1.79 bits per heavy atom. The lowest BCUT2D eigenvalue weighted by molar-refractivity contribution is -0.133. The lowest BCUT2D eigenvalue weighted by Gasteiger charge is -2.28. The summed E-state index contributed by atoms with van der Waals surface area (Å²) in [6, 6.07) is 10.5. The van der Waals surface area contributed by atoms with Crippen LogP contribution in [0.5, 0.6) is 0 Å². The molecule has 0 saturated heterocycles. The minimum absolute atomic E-state index is 0.0504. The smallest absolute Gasteiger partial charge is 0.354 e. The van der Waals surface area contributed by atoms with E-state index in [1.165, 1.54) is 11.1 Å². The van der Waals surface area contributed by atoms with Crippen LogP contribution in [-0.2, 0) is 27.8 Å². The predicted octanol–water partition coefficient (Wildman–Crippen LogP) is 5.64. The van der Waals surface area contributed by atoms with Crippen molar-refractivity contribution in [2.75, 3.05) is 13.1 Å². The standard InChI is InChI=1S/C27H34N2O3S/c1-5-21-8-10-23(11-9-21)27(13-14-27)26(32)29(15-6-7-22-12-16-33-18-22)17-20(4)28-24(19(2)3)25(30)31/h8-12,16,18H,5-7,13-15,17H2,1-4H3,(H,30,31). The first-order valence-electron chi connectivity index (χ1n) is 11.6. The number of aliphatic carboxylic acids is 1. The van der Waals surface area contributed by atoms with E-state index in [2.05, 4.69) is 53.0 Å². The van der Waals surface area contributed by atoms with Gasteiger partial charge in [-0.25, -0.2) is 9.79 Å². The monoisotopic (exact) mass is 466 g/mol. The number of carboxylic acids is 1. The topological polar surface area (TPSA) is 70.0 Å². The molecule has 33 heavy (non-hydrogen) atoms. The fraction of sp³-hybridized carbons (Fsp3) is 0.444. The molecule has 1 saturated carbocycles. The van der Waals surface area contributed by atoms with Crippen LogP contribution in [0.2, 0.25) is 0 Å². The highest BCUT2D eigenvalue weighted by atomic mass is 32.1. The predicted molar refractivity (Wildman–Crippen MR) is 135 cm³/mol. The van der Waals surface area contributed by atoms with Crippen molar-refractivity contribution in [1.29, 1.82) is 0 Å². The summed E-state index contributed by atoms with van der Waals surface area (Å²) in [5, 5.41) is 13.7. The number of carbonyl (C=O) groups excluding carboxylic acids is 1. The number of benzene rings is 1. The van der Waals surface area contributed by atoms with E-state index < -0.39 is 11.4 Å². The van der Waals surface area contributed by atoms with E-state index in [9.17, 15) is 14.7 Å². The largest absolute Gasteiger partial charge is 0.477 e. The quantitative estimate of drug-likeness (QED) is 0.344. The molecule has 0 bridgehead atoms. The summed E-state index contributed by atoms with van der Waals surface area (Å²) in [6.07, 6.45) is 4.44. The van der Waals surface area contributed by atoms with Gasteiger partial charge in [0.15, 0.2) is 0 Å². The molecule has 1 heterocycles. The number of carboxylic acid groups (broad SMARTS) is 1. The summed E-state index contributed by atoms with van der Waals surface area (Å²) >= 11 is 1.68. The van der Waals surface area contributed by atoms with E-state index >= 15 is 0 Å². The molecule has 0 radical (unpaired) electrons. The van der Waals surface area contributed by atoms with Crippen LogP contribution in [-0.4, -0.2) is 40.7 Å². The molecule has 0 spiro atoms. The van der Waals surface area contributed by atoms with Gasteiger partial charge in [-0.3, -0.25) is 4.79 Å². The van der Waals surface area contributed by atoms with Gasteiger partial charge in [-0.05, 0) is 92.0 Å². The van der Waals surface area contributed by atoms with Crippen molar-refractivity contribution in [3.8, 4) is 0 Å². The Hall–Kier alpha value is -2.73. The van der Waals surface area contributed by atoms with Crippen molar-refractivity contribution in [3.05, 3.63) is 69.1 Å². The van der Waals surface area contributed by atoms with Crippen molar-refractivity contribution < 1.29 is 14.7 Å². The zero-order valence-electron chi connectivity index (χ0n) is 20.1. The average molecular weight is 467 g/mol. The van der Waals surface area contributed by atoms with Crippen LogP contribution in [0.3, 0.4) is 0 Å². The normalized spacial score (nSPS) is 14.6. The van der Waals surface area contributed by atoms with Gasteiger partial charge in [-0.15, -0.1) is 0 Å². The average Bonchev–Trinajstić information content (AvgIpc) is 3.44. The Morgan fingerprint density at radius 1 is 1.09 bits per heavy atom. The zero-order valence-corrected chi connectivity index (χ0v) is 20.9. The SMILES string of the molecule is CCc1ccc(C2(C(=O)N(CCCc3ccsc3)CC(C)=NC(C(=O)O)=C(C)C)CC2)cc1. The summed E-state index contributed by atoms with van der Waals surface area (Å²) in [5.41, 5.74) is 4.50. The Bertz CT molecular complexity index is 1030. The fourth-order valence-electron chi connectivity index (χ4n) is 4.15. The first-order chi connectivity index (χ1) is 15.8. The van der Waals surface area contributed by atoms with E-state index in [1.54, 1.807) is 32.1 Å². The van der Waals surface area contributed by atoms with Gasteiger partial charge in [-0.1, -0.05) is 31.2 Å². The number of nitrogens with zero attached hydrogens (tertiary/aromatic N) is 2. The second-order valence-corrected chi connectivity index (χ2v) is 9.88. The third-order valence-electron chi connectivity index (χ3n) is 6.23. The van der Waals surface area contributed by atoms with Crippen molar-refractivity contribution in [2.24, 2.45) is 4.99 Å². The molecule has 0 aliphatic heterocycles. The van der Waals surface area contributed by atoms with Gasteiger partial charge in [0.1, 0.15) is 5.70 Å². The Labute approximate surface area is 200 Å². The minimum Gasteiger partial charge on any atom is -0.477 e. The lowest BCUT2D eigenvalue weighted by Crippen LogP contribution is -2.42. The Kier molecular flexibility index (Phi) is 8.25. The van der Waals surface area contributed by atoms with Crippen LogP contribution in [0, 0.1) is 0 Å². The molecule has 1 fully saturated rings. The van der Waals surface area contributed by atoms with Gasteiger partial charge in [0.05, 0.1) is 12.0 Å². The van der Waals surface area contributed by atoms with Crippen molar-refractivity contribution in [2.45, 2.75) is 65.2 Å². The number of rotatable bonds is 11. The van der Waals surface area contributed by atoms with Gasteiger partial charge >= 0.3 is 5.97 Å². The van der Waals surface area contributed by atoms with Crippen molar-refractivity contribution in [3.63, 3.8) is 0 Å². The third-order valence-corrected chi connectivity index (χ3v) is 6.97. The molecule has 1 aliphatic carbocycles. The summed E-state index contributed by atoms with van der Waals surface area (Å²) in [4.78, 5) is 31.6. The van der Waals surface area contributed by atoms with Crippen LogP contribution in [0.15, 0.2) is 57.4 Å². The van der Waals surface area contributed by atoms with E-state index in [1.807, 2.05) is 4.90 Å². The number of hydrogen-bond acceptors (Lipinski definition) is 4. The number of amides is 1. The highest BCUT2D eigenvalue weighted by Crippen LogP contribution is 2.49. The first kappa shape index (κ1) is 24.9. The molecule has 1 aromatic carbocycles. The highest BCUT2D eigenvalue weighted by molar-refractivity contribution is 7.07. The highest BCUT2D eigenvalue weighted by Gasteiger charge is 2.52. The second kappa shape index (κ2) is 10.9. The number of aliphatic imine (C=N–C) groups is 1. The molecule has 6 heteroatoms. The molecule has 1 aliphatic rings. The van der Waals surface area contributed by atoms with E-state index in [0.717, 1.165) is 37.7 Å². The van der Waals surface area contributed by atoms with Crippen LogP contribution in [0.4, 0.5) is 0 Å². The molecule has 5 nitrogen and oxygen atoms in total. The molecule has 1 N–H and O–H groups in total. The van der Waals surface area contributed by atoms with Crippen LogP contribution >= 0.6 is 11.3 Å². The Balaban J connectivity index is 1.81. The molecule has 0 atom stereocenters. The summed E-state index contributed by atoms with van der Waals surface area (Å²) in [7, 11) is 0. The van der Waals surface area contributed by atoms with Crippen LogP contribution in [0.25, 0.3) is 0 Å². The number of hydrogen-bond donors (Lipinski definition) is 1. The molecule has 1 amide bonds. The van der Waals surface area contributed by atoms with Gasteiger partial charge in [-0.2, -0.15) is 11.3 Å². The van der Waals surface area contributed by atoms with Gasteiger partial charge in [0.2, 0.25) is 5.91 Å². The fourth-order valence-corrected chi connectivity index (χ4v) is 4.85. The number of allylic oxidation sites excluding steroid dienone is 1. The Morgan fingerprint density at radius 3 is 2.30 bits per heavy atom. The van der Waals surface area contributed by atoms with Gasteiger partial charge in [0, 0.05) is 12.3 Å². The van der Waals surface area contributed by atoms with Crippen LogP contribution < -0.4 is 0 Å².